The summed E-state index contributed by atoms with van der Waals surface area (Å²) in [6, 6.07) is 1.68. The number of amides is 1. The Balaban J connectivity index is 1.56. The van der Waals surface area contributed by atoms with Crippen LogP contribution in [0.4, 0.5) is 0 Å². The molecule has 0 aliphatic carbocycles. The summed E-state index contributed by atoms with van der Waals surface area (Å²) >= 11 is 1.71. The molecule has 0 N–H and O–H groups in total. The van der Waals surface area contributed by atoms with Crippen LogP contribution in [0.1, 0.15) is 55.0 Å². The fourth-order valence-corrected chi connectivity index (χ4v) is 3.91. The molecule has 7 heteroatoms. The number of carbonyl (C=O) groups excluding carboxylic acids is 1. The van der Waals surface area contributed by atoms with Crippen LogP contribution in [-0.4, -0.2) is 40.6 Å². The van der Waals surface area contributed by atoms with Gasteiger partial charge in [-0.25, -0.2) is 4.98 Å². The number of nitrogens with zero attached hydrogens (tertiary/aromatic N) is 3. The topological polar surface area (TPSA) is 68.5 Å². The second kappa shape index (κ2) is 7.34. The average molecular weight is 349 g/mol. The number of piperidine rings is 1. The highest BCUT2D eigenvalue weighted by atomic mass is 32.1. The molecule has 6 nitrogen and oxygen atoms in total. The Morgan fingerprint density at radius 1 is 1.54 bits per heavy atom. The first-order valence-corrected chi connectivity index (χ1v) is 9.20. The molecule has 1 amide bonds. The lowest BCUT2D eigenvalue weighted by Gasteiger charge is -2.31. The Labute approximate surface area is 145 Å². The molecule has 130 valence electrons. The maximum Gasteiger partial charge on any atom is 0.260 e. The van der Waals surface area contributed by atoms with E-state index in [4.69, 9.17) is 14.2 Å². The van der Waals surface area contributed by atoms with Gasteiger partial charge in [-0.1, -0.05) is 13.8 Å². The molecule has 0 aromatic carbocycles. The number of hydrogen-bond donors (Lipinski definition) is 0. The third kappa shape index (κ3) is 3.95. The molecular formula is C17H23N3O3S. The Morgan fingerprint density at radius 3 is 3.04 bits per heavy atom. The molecule has 2 aromatic heterocycles. The molecule has 1 atom stereocenters. The van der Waals surface area contributed by atoms with Gasteiger partial charge in [0.25, 0.3) is 11.8 Å². The SMILES string of the molecule is Cc1cc(OCC(=O)N2CCC[C@H](c3nc(C(C)C)cs3)C2)no1. The van der Waals surface area contributed by atoms with Crippen molar-refractivity contribution in [3.05, 3.63) is 27.9 Å². The maximum atomic E-state index is 12.4. The van der Waals surface area contributed by atoms with E-state index in [1.807, 2.05) is 4.90 Å². The van der Waals surface area contributed by atoms with Gasteiger partial charge in [-0.3, -0.25) is 4.79 Å². The number of aromatic nitrogens is 2. The van der Waals surface area contributed by atoms with Crippen molar-refractivity contribution in [3.63, 3.8) is 0 Å². The van der Waals surface area contributed by atoms with Crippen LogP contribution in [0.15, 0.2) is 16.0 Å². The van der Waals surface area contributed by atoms with E-state index in [2.05, 4.69) is 24.4 Å². The first-order chi connectivity index (χ1) is 11.5. The zero-order chi connectivity index (χ0) is 17.1. The van der Waals surface area contributed by atoms with Crippen LogP contribution >= 0.6 is 11.3 Å². The normalized spacial score (nSPS) is 18.2. The van der Waals surface area contributed by atoms with Crippen LogP contribution in [0.3, 0.4) is 0 Å². The van der Waals surface area contributed by atoms with E-state index in [9.17, 15) is 4.79 Å². The van der Waals surface area contributed by atoms with Crippen molar-refractivity contribution in [1.29, 1.82) is 0 Å². The van der Waals surface area contributed by atoms with Crippen LogP contribution in [0, 0.1) is 6.92 Å². The van der Waals surface area contributed by atoms with Crippen LogP contribution in [0.5, 0.6) is 5.88 Å². The van der Waals surface area contributed by atoms with Gasteiger partial charge < -0.3 is 14.2 Å². The van der Waals surface area contributed by atoms with E-state index >= 15 is 0 Å². The van der Waals surface area contributed by atoms with Crippen molar-refractivity contribution >= 4 is 17.2 Å². The second-order valence-electron chi connectivity index (χ2n) is 6.51. The summed E-state index contributed by atoms with van der Waals surface area (Å²) in [4.78, 5) is 19.0. The molecule has 0 bridgehead atoms. The molecule has 24 heavy (non-hydrogen) atoms. The third-order valence-corrected chi connectivity index (χ3v) is 5.23. The van der Waals surface area contributed by atoms with Gasteiger partial charge in [0, 0.05) is 30.5 Å². The summed E-state index contributed by atoms with van der Waals surface area (Å²) in [5.41, 5.74) is 1.14. The van der Waals surface area contributed by atoms with Crippen LogP contribution in [-0.2, 0) is 4.79 Å². The number of hydrogen-bond acceptors (Lipinski definition) is 6. The van der Waals surface area contributed by atoms with Gasteiger partial charge >= 0.3 is 0 Å². The molecule has 1 aliphatic rings. The first kappa shape index (κ1) is 17.0. The lowest BCUT2D eigenvalue weighted by Crippen LogP contribution is -2.41. The summed E-state index contributed by atoms with van der Waals surface area (Å²) in [6.45, 7) is 7.57. The third-order valence-electron chi connectivity index (χ3n) is 4.20. The molecule has 3 rings (SSSR count). The molecule has 1 fully saturated rings. The van der Waals surface area contributed by atoms with Crippen LogP contribution in [0.2, 0.25) is 0 Å². The summed E-state index contributed by atoms with van der Waals surface area (Å²) in [5, 5.41) is 7.02. The zero-order valence-electron chi connectivity index (χ0n) is 14.3. The number of ether oxygens (including phenoxy) is 1. The van der Waals surface area contributed by atoms with Gasteiger partial charge in [-0.2, -0.15) is 0 Å². The maximum absolute atomic E-state index is 12.4. The van der Waals surface area contributed by atoms with Crippen molar-refractivity contribution < 1.29 is 14.1 Å². The fraction of sp³-hybridized carbons (Fsp3) is 0.588. The van der Waals surface area contributed by atoms with Gasteiger partial charge in [0.15, 0.2) is 6.61 Å². The van der Waals surface area contributed by atoms with E-state index in [0.717, 1.165) is 30.1 Å². The quantitative estimate of drug-likeness (QED) is 0.828. The smallest absolute Gasteiger partial charge is 0.260 e. The lowest BCUT2D eigenvalue weighted by molar-refractivity contribution is -0.134. The summed E-state index contributed by atoms with van der Waals surface area (Å²) < 4.78 is 10.3. The van der Waals surface area contributed by atoms with E-state index in [0.29, 0.717) is 30.0 Å². The minimum absolute atomic E-state index is 0.00614. The molecule has 1 aliphatic heterocycles. The van der Waals surface area contributed by atoms with Gasteiger partial charge in [0.05, 0.1) is 10.7 Å². The number of rotatable bonds is 5. The highest BCUT2D eigenvalue weighted by molar-refractivity contribution is 7.09. The van der Waals surface area contributed by atoms with E-state index in [1.54, 1.807) is 24.3 Å². The standard InChI is InChI=1S/C17H23N3O3S/c1-11(2)14-10-24-17(18-14)13-5-4-6-20(8-13)16(21)9-22-15-7-12(3)23-19-15/h7,10-11,13H,4-6,8-9H2,1-3H3/t13-/m0/s1. The van der Waals surface area contributed by atoms with Gasteiger partial charge in [-0.05, 0) is 30.8 Å². The summed E-state index contributed by atoms with van der Waals surface area (Å²) in [7, 11) is 0. The molecule has 0 radical (unpaired) electrons. The number of likely N-dealkylation sites (tertiary alicyclic amines) is 1. The van der Waals surface area contributed by atoms with E-state index < -0.39 is 0 Å². The highest BCUT2D eigenvalue weighted by Gasteiger charge is 2.27. The van der Waals surface area contributed by atoms with E-state index in [-0.39, 0.29) is 12.5 Å². The number of carbonyl (C=O) groups is 1. The van der Waals surface area contributed by atoms with Gasteiger partial charge in [0.1, 0.15) is 5.76 Å². The lowest BCUT2D eigenvalue weighted by atomic mass is 9.98. The van der Waals surface area contributed by atoms with Gasteiger partial charge in [0.2, 0.25) is 0 Å². The van der Waals surface area contributed by atoms with Crippen molar-refractivity contribution in [2.45, 2.75) is 45.4 Å². The molecule has 0 saturated carbocycles. The van der Waals surface area contributed by atoms with Crippen LogP contribution < -0.4 is 4.74 Å². The fourth-order valence-electron chi connectivity index (χ4n) is 2.80. The highest BCUT2D eigenvalue weighted by Crippen LogP contribution is 2.30. The Bertz CT molecular complexity index is 695. The predicted octanol–water partition coefficient (Wildman–Crippen LogP) is 3.35. The minimum atomic E-state index is -0.0130. The minimum Gasteiger partial charge on any atom is -0.465 e. The molecule has 0 spiro atoms. The predicted molar refractivity (Wildman–Crippen MR) is 91.5 cm³/mol. The van der Waals surface area contributed by atoms with Crippen molar-refractivity contribution in [1.82, 2.24) is 15.0 Å². The molecular weight excluding hydrogens is 326 g/mol. The zero-order valence-corrected chi connectivity index (χ0v) is 15.1. The Hall–Kier alpha value is -1.89. The molecule has 2 aromatic rings. The largest absolute Gasteiger partial charge is 0.465 e. The summed E-state index contributed by atoms with van der Waals surface area (Å²) in [6.07, 6.45) is 2.08. The van der Waals surface area contributed by atoms with Crippen LogP contribution in [0.25, 0.3) is 0 Å². The first-order valence-electron chi connectivity index (χ1n) is 8.32. The molecule has 0 unspecified atom stereocenters. The average Bonchev–Trinajstić information content (AvgIpc) is 3.22. The molecule has 3 heterocycles. The Kier molecular flexibility index (Phi) is 5.18. The second-order valence-corrected chi connectivity index (χ2v) is 7.40. The number of thiazole rings is 1. The molecule has 1 saturated heterocycles. The number of aryl methyl sites for hydroxylation is 1. The van der Waals surface area contributed by atoms with Crippen molar-refractivity contribution in [2.24, 2.45) is 0 Å². The van der Waals surface area contributed by atoms with Crippen molar-refractivity contribution in [2.75, 3.05) is 19.7 Å². The summed E-state index contributed by atoms with van der Waals surface area (Å²) in [5.74, 6) is 1.78. The van der Waals surface area contributed by atoms with Crippen molar-refractivity contribution in [3.8, 4) is 5.88 Å². The van der Waals surface area contributed by atoms with Gasteiger partial charge in [-0.15, -0.1) is 11.3 Å². The van der Waals surface area contributed by atoms with E-state index in [1.165, 1.54) is 0 Å². The Morgan fingerprint density at radius 2 is 2.38 bits per heavy atom. The monoisotopic (exact) mass is 349 g/mol.